The van der Waals surface area contributed by atoms with E-state index in [4.69, 9.17) is 0 Å². The first-order valence-corrected chi connectivity index (χ1v) is 9.42. The molecule has 0 aliphatic carbocycles. The number of carbonyl (C=O) groups excluding carboxylic acids is 2. The molecule has 0 fully saturated rings. The average molecular weight is 434 g/mol. The van der Waals surface area contributed by atoms with Crippen LogP contribution in [0.25, 0.3) is 0 Å². The second kappa shape index (κ2) is 9.60. The van der Waals surface area contributed by atoms with E-state index in [9.17, 15) is 9.59 Å². The molecule has 2 N–H and O–H groups in total. The maximum absolute atomic E-state index is 10.8. The molecule has 2 aromatic rings. The van der Waals surface area contributed by atoms with Gasteiger partial charge in [-0.25, -0.2) is 0 Å². The van der Waals surface area contributed by atoms with E-state index in [0.717, 1.165) is 20.9 Å². The second-order valence-electron chi connectivity index (χ2n) is 5.94. The summed E-state index contributed by atoms with van der Waals surface area (Å²) in [6.07, 6.45) is 0.522. The summed E-state index contributed by atoms with van der Waals surface area (Å²) in [5.41, 5.74) is 8.53. The molecule has 5 nitrogen and oxygen atoms in total. The van der Waals surface area contributed by atoms with Crippen molar-refractivity contribution in [2.45, 2.75) is 20.3 Å². The van der Waals surface area contributed by atoms with E-state index in [0.29, 0.717) is 12.3 Å². The fourth-order valence-corrected chi connectivity index (χ4v) is 2.78. The highest BCUT2D eigenvalue weighted by molar-refractivity contribution is 9.10. The molecular weight excluding hydrogens is 413 g/mol. The minimum Gasteiger partial charge on any atom is -0.300 e. The molecule has 136 valence electrons. The number of aliphatic imine (C=N–C) groups is 1. The van der Waals surface area contributed by atoms with Gasteiger partial charge in [-0.05, 0) is 30.8 Å². The Bertz CT molecular complexity index is 835. The Hall–Kier alpha value is -2.04. The van der Waals surface area contributed by atoms with Crippen LogP contribution in [0.15, 0.2) is 51.9 Å². The summed E-state index contributed by atoms with van der Waals surface area (Å²) >= 11 is 3.39. The molecule has 0 aromatic heterocycles. The number of benzene rings is 2. The Morgan fingerprint density at radius 1 is 1.19 bits per heavy atom. The van der Waals surface area contributed by atoms with Gasteiger partial charge < -0.3 is 0 Å². The van der Waals surface area contributed by atoms with E-state index in [2.05, 4.69) is 41.0 Å². The first-order valence-electron chi connectivity index (χ1n) is 8.05. The molecular formula is C19H21BrN3O2P. The Balaban J connectivity index is 0.000000190. The van der Waals surface area contributed by atoms with Crippen molar-refractivity contribution in [1.82, 2.24) is 10.9 Å². The van der Waals surface area contributed by atoms with Gasteiger partial charge in [0.15, 0.2) is 0 Å². The molecule has 26 heavy (non-hydrogen) atoms. The summed E-state index contributed by atoms with van der Waals surface area (Å²) < 4.78 is 1.06. The van der Waals surface area contributed by atoms with Crippen LogP contribution in [0.2, 0.25) is 0 Å². The van der Waals surface area contributed by atoms with Gasteiger partial charge in [-0.15, -0.1) is 9.24 Å². The topological polar surface area (TPSA) is 70.6 Å². The number of hydrogen-bond acceptors (Lipinski definition) is 4. The van der Waals surface area contributed by atoms with Crippen LogP contribution in [-0.4, -0.2) is 24.1 Å². The molecule has 0 radical (unpaired) electrons. The quantitative estimate of drug-likeness (QED) is 0.730. The largest absolute Gasteiger partial charge is 0.300 e. The van der Waals surface area contributed by atoms with Gasteiger partial charge in [0, 0.05) is 16.5 Å². The van der Waals surface area contributed by atoms with Gasteiger partial charge in [-0.2, -0.15) is 0 Å². The molecule has 1 heterocycles. The van der Waals surface area contributed by atoms with E-state index in [-0.39, 0.29) is 18.2 Å². The van der Waals surface area contributed by atoms with Gasteiger partial charge in [0.1, 0.15) is 18.2 Å². The normalized spacial score (nSPS) is 12.9. The lowest BCUT2D eigenvalue weighted by Gasteiger charge is -2.15. The molecule has 7 heteroatoms. The van der Waals surface area contributed by atoms with E-state index < -0.39 is 0 Å². The highest BCUT2D eigenvalue weighted by Gasteiger charge is 2.10. The zero-order valence-electron chi connectivity index (χ0n) is 14.7. The molecule has 2 aromatic carbocycles. The van der Waals surface area contributed by atoms with Crippen LogP contribution in [-0.2, 0) is 16.0 Å². The first kappa shape index (κ1) is 20.3. The number of amidine groups is 1. The smallest absolute Gasteiger partial charge is 0.260 e. The van der Waals surface area contributed by atoms with E-state index >= 15 is 0 Å². The highest BCUT2D eigenvalue weighted by Crippen LogP contribution is 2.12. The van der Waals surface area contributed by atoms with Crippen LogP contribution in [0.3, 0.4) is 0 Å². The zero-order chi connectivity index (χ0) is 19.1. The molecule has 0 spiro atoms. The van der Waals surface area contributed by atoms with Gasteiger partial charge in [0.05, 0.1) is 0 Å². The van der Waals surface area contributed by atoms with Gasteiger partial charge in [-0.3, -0.25) is 25.4 Å². The predicted octanol–water partition coefficient (Wildman–Crippen LogP) is 2.46. The summed E-state index contributed by atoms with van der Waals surface area (Å²) in [6.45, 7) is 3.82. The number of amides is 1. The standard InChI is InChI=1S/C10H11N3O.C9H10BrOP/c1-7-2-4-8(5-3-7)10-11-6-9(14)12-13-10;1-6(11)4-7-2-3-8(10)9(12)5-7/h2-5H,6H2,1H3,(H,11,13)(H,12,14);2-3,5H,4,12H2,1H3. The van der Waals surface area contributed by atoms with Crippen molar-refractivity contribution in [1.29, 1.82) is 0 Å². The number of Topliss-reactive ketones (excluding diaryl/α,β-unsaturated/α-hetero) is 1. The lowest BCUT2D eigenvalue weighted by Crippen LogP contribution is -2.47. The Labute approximate surface area is 164 Å². The average Bonchev–Trinajstić information content (AvgIpc) is 2.60. The molecule has 0 saturated carbocycles. The third-order valence-electron chi connectivity index (χ3n) is 3.54. The number of hydrogen-bond donors (Lipinski definition) is 2. The second-order valence-corrected chi connectivity index (χ2v) is 7.42. The van der Waals surface area contributed by atoms with Gasteiger partial charge in [-0.1, -0.05) is 57.9 Å². The summed E-state index contributed by atoms with van der Waals surface area (Å²) in [7, 11) is 2.62. The minimum atomic E-state index is -0.110. The lowest BCUT2D eigenvalue weighted by molar-refractivity contribution is -0.120. The number of aryl methyl sites for hydroxylation is 1. The minimum absolute atomic E-state index is 0.110. The molecule has 1 unspecified atom stereocenters. The summed E-state index contributed by atoms with van der Waals surface area (Å²) in [5.74, 6) is 0.798. The van der Waals surface area contributed by atoms with Crippen molar-refractivity contribution in [3.63, 3.8) is 0 Å². The molecule has 0 saturated heterocycles. The summed E-state index contributed by atoms with van der Waals surface area (Å²) in [6, 6.07) is 13.9. The predicted molar refractivity (Wildman–Crippen MR) is 112 cm³/mol. The number of ketones is 1. The number of rotatable bonds is 3. The van der Waals surface area contributed by atoms with Crippen LogP contribution in [0.5, 0.6) is 0 Å². The van der Waals surface area contributed by atoms with E-state index in [1.165, 1.54) is 5.56 Å². The molecule has 3 rings (SSSR count). The molecule has 0 bridgehead atoms. The third-order valence-corrected chi connectivity index (χ3v) is 5.16. The highest BCUT2D eigenvalue weighted by atomic mass is 79.9. The van der Waals surface area contributed by atoms with E-state index in [1.807, 2.05) is 49.4 Å². The number of nitrogens with zero attached hydrogens (tertiary/aromatic N) is 1. The number of hydrazine groups is 1. The van der Waals surface area contributed by atoms with Crippen molar-refractivity contribution in [3.05, 3.63) is 63.6 Å². The number of nitrogens with one attached hydrogen (secondary N) is 2. The van der Waals surface area contributed by atoms with Crippen molar-refractivity contribution in [2.75, 3.05) is 6.54 Å². The fraction of sp³-hybridized carbons (Fsp3) is 0.211. The maximum atomic E-state index is 10.8. The molecule has 1 aliphatic rings. The lowest BCUT2D eigenvalue weighted by atomic mass is 10.1. The van der Waals surface area contributed by atoms with Crippen LogP contribution < -0.4 is 16.2 Å². The van der Waals surface area contributed by atoms with Crippen LogP contribution in [0, 0.1) is 6.92 Å². The zero-order valence-corrected chi connectivity index (χ0v) is 17.4. The summed E-state index contributed by atoms with van der Waals surface area (Å²) in [5, 5.41) is 1.09. The third kappa shape index (κ3) is 6.36. The molecule has 1 aliphatic heterocycles. The Morgan fingerprint density at radius 3 is 2.42 bits per heavy atom. The van der Waals surface area contributed by atoms with Crippen molar-refractivity contribution in [3.8, 4) is 0 Å². The van der Waals surface area contributed by atoms with E-state index in [1.54, 1.807) is 6.92 Å². The van der Waals surface area contributed by atoms with Gasteiger partial charge in [0.25, 0.3) is 5.91 Å². The summed E-state index contributed by atoms with van der Waals surface area (Å²) in [4.78, 5) is 25.7. The van der Waals surface area contributed by atoms with Crippen molar-refractivity contribution >= 4 is 48.0 Å². The Morgan fingerprint density at radius 2 is 1.88 bits per heavy atom. The van der Waals surface area contributed by atoms with Crippen molar-refractivity contribution in [2.24, 2.45) is 4.99 Å². The van der Waals surface area contributed by atoms with Gasteiger partial charge >= 0.3 is 0 Å². The van der Waals surface area contributed by atoms with Crippen molar-refractivity contribution < 1.29 is 9.59 Å². The maximum Gasteiger partial charge on any atom is 0.260 e. The monoisotopic (exact) mass is 433 g/mol. The SMILES string of the molecule is CC(=O)Cc1ccc(Br)c(P)c1.Cc1ccc(C2=NCC(=O)NN2)cc1. The fourth-order valence-electron chi connectivity index (χ4n) is 2.22. The molecule has 1 amide bonds. The first-order chi connectivity index (χ1) is 12.3. The van der Waals surface area contributed by atoms with Crippen LogP contribution >= 0.6 is 25.2 Å². The van der Waals surface area contributed by atoms with Crippen LogP contribution in [0.1, 0.15) is 23.6 Å². The van der Waals surface area contributed by atoms with Gasteiger partial charge in [0.2, 0.25) is 0 Å². The molecule has 1 atom stereocenters. The van der Waals surface area contributed by atoms with Crippen LogP contribution in [0.4, 0.5) is 0 Å². The Kier molecular flexibility index (Phi) is 7.49. The number of halogens is 1. The number of carbonyl (C=O) groups is 2.